The molecule has 1 aromatic heterocycles. The Morgan fingerprint density at radius 3 is 3.19 bits per heavy atom. The molecule has 21 heavy (non-hydrogen) atoms. The molecule has 110 valence electrons. The predicted octanol–water partition coefficient (Wildman–Crippen LogP) is 2.63. The maximum absolute atomic E-state index is 12.4. The lowest BCUT2D eigenvalue weighted by Crippen LogP contribution is -2.39. The molecule has 1 aliphatic heterocycles. The second-order valence-corrected chi connectivity index (χ2v) is 5.44. The van der Waals surface area contributed by atoms with E-state index in [-0.39, 0.29) is 11.9 Å². The van der Waals surface area contributed by atoms with Gasteiger partial charge in [-0.1, -0.05) is 18.5 Å². The van der Waals surface area contributed by atoms with Crippen LogP contribution in [0.3, 0.4) is 0 Å². The Morgan fingerprint density at radius 2 is 2.48 bits per heavy atom. The molecule has 0 aliphatic carbocycles. The average Bonchev–Trinajstić information content (AvgIpc) is 3.12. The topological polar surface area (TPSA) is 67.0 Å². The van der Waals surface area contributed by atoms with E-state index in [1.165, 1.54) is 0 Å². The third-order valence-corrected chi connectivity index (χ3v) is 3.80. The number of imidazole rings is 1. The van der Waals surface area contributed by atoms with Gasteiger partial charge in [-0.3, -0.25) is 4.79 Å². The van der Waals surface area contributed by atoms with E-state index in [0.717, 1.165) is 23.6 Å². The molecular formula is C15H16ClN3O2. The van der Waals surface area contributed by atoms with Crippen molar-refractivity contribution in [2.45, 2.75) is 31.9 Å². The van der Waals surface area contributed by atoms with Crippen LogP contribution in [0.2, 0.25) is 5.02 Å². The Hall–Kier alpha value is -2.01. The van der Waals surface area contributed by atoms with E-state index in [1.807, 2.05) is 13.0 Å². The van der Waals surface area contributed by atoms with E-state index in [4.69, 9.17) is 16.3 Å². The first-order valence-electron chi connectivity index (χ1n) is 6.92. The van der Waals surface area contributed by atoms with Gasteiger partial charge in [-0.25, -0.2) is 4.98 Å². The fraction of sp³-hybridized carbons (Fsp3) is 0.333. The number of nitrogens with one attached hydrogen (secondary N) is 2. The molecule has 6 heteroatoms. The van der Waals surface area contributed by atoms with Crippen molar-refractivity contribution in [1.82, 2.24) is 15.3 Å². The molecule has 0 spiro atoms. The smallest absolute Gasteiger partial charge is 0.262 e. The lowest BCUT2D eigenvalue weighted by molar-refractivity contribution is -0.128. The number of hydrogen-bond donors (Lipinski definition) is 2. The number of carbonyl (C=O) groups is 1. The molecule has 1 amide bonds. The van der Waals surface area contributed by atoms with Crippen molar-refractivity contribution >= 4 is 17.5 Å². The zero-order valence-electron chi connectivity index (χ0n) is 11.6. The highest BCUT2D eigenvalue weighted by Gasteiger charge is 2.30. The first-order valence-corrected chi connectivity index (χ1v) is 7.30. The van der Waals surface area contributed by atoms with Gasteiger partial charge in [0.15, 0.2) is 6.10 Å². The van der Waals surface area contributed by atoms with E-state index >= 15 is 0 Å². The molecule has 2 atom stereocenters. The monoisotopic (exact) mass is 305 g/mol. The summed E-state index contributed by atoms with van der Waals surface area (Å²) in [6.45, 7) is 2.00. The highest BCUT2D eigenvalue weighted by atomic mass is 35.5. The molecular weight excluding hydrogens is 290 g/mol. The molecule has 2 N–H and O–H groups in total. The van der Waals surface area contributed by atoms with E-state index in [9.17, 15) is 4.79 Å². The summed E-state index contributed by atoms with van der Waals surface area (Å²) >= 11 is 5.96. The van der Waals surface area contributed by atoms with Crippen molar-refractivity contribution in [2.24, 2.45) is 0 Å². The Bertz CT molecular complexity index is 642. The van der Waals surface area contributed by atoms with Crippen LogP contribution in [0, 0.1) is 0 Å². The summed E-state index contributed by atoms with van der Waals surface area (Å²) in [4.78, 5) is 19.6. The van der Waals surface area contributed by atoms with Crippen LogP contribution in [0.25, 0.3) is 0 Å². The normalized spacial score (nSPS) is 17.9. The number of rotatable bonds is 4. The Labute approximate surface area is 127 Å². The zero-order chi connectivity index (χ0) is 14.8. The molecule has 2 heterocycles. The molecule has 2 aromatic rings. The van der Waals surface area contributed by atoms with Crippen LogP contribution in [0.1, 0.15) is 30.8 Å². The molecule has 1 aliphatic rings. The molecule has 2 unspecified atom stereocenters. The number of ether oxygens (including phenoxy) is 1. The van der Waals surface area contributed by atoms with Gasteiger partial charge in [0.25, 0.3) is 5.91 Å². The first-order chi connectivity index (χ1) is 10.2. The third-order valence-electron chi connectivity index (χ3n) is 3.56. The van der Waals surface area contributed by atoms with Crippen LogP contribution in [0.15, 0.2) is 30.6 Å². The predicted molar refractivity (Wildman–Crippen MR) is 79.3 cm³/mol. The number of hydrogen-bond acceptors (Lipinski definition) is 3. The van der Waals surface area contributed by atoms with E-state index in [1.54, 1.807) is 24.5 Å². The minimum absolute atomic E-state index is 0.134. The second-order valence-electron chi connectivity index (χ2n) is 5.01. The summed E-state index contributed by atoms with van der Waals surface area (Å²) in [6.07, 6.45) is 4.20. The maximum Gasteiger partial charge on any atom is 0.262 e. The standard InChI is InChI=1S/C15H16ClN3O2/c1-2-11(14-17-5-6-18-14)19-15(20)13-8-9-7-10(16)3-4-12(9)21-13/h3-7,11,13H,2,8H2,1H3,(H,17,18)(H,19,20). The Balaban J connectivity index is 1.67. The number of aromatic nitrogens is 2. The van der Waals surface area contributed by atoms with Gasteiger partial charge in [-0.05, 0) is 30.2 Å². The molecule has 5 nitrogen and oxygen atoms in total. The van der Waals surface area contributed by atoms with Gasteiger partial charge in [-0.15, -0.1) is 0 Å². The van der Waals surface area contributed by atoms with Gasteiger partial charge in [0.2, 0.25) is 0 Å². The van der Waals surface area contributed by atoms with Crippen molar-refractivity contribution in [3.8, 4) is 5.75 Å². The summed E-state index contributed by atoms with van der Waals surface area (Å²) in [7, 11) is 0. The van der Waals surface area contributed by atoms with Gasteiger partial charge in [0, 0.05) is 23.8 Å². The first kappa shape index (κ1) is 13.9. The van der Waals surface area contributed by atoms with E-state index < -0.39 is 6.10 Å². The highest BCUT2D eigenvalue weighted by molar-refractivity contribution is 6.30. The van der Waals surface area contributed by atoms with Gasteiger partial charge < -0.3 is 15.0 Å². The lowest BCUT2D eigenvalue weighted by Gasteiger charge is -2.17. The molecule has 0 saturated carbocycles. The molecule has 0 saturated heterocycles. The van der Waals surface area contributed by atoms with Crippen LogP contribution >= 0.6 is 11.6 Å². The number of nitrogens with zero attached hydrogens (tertiary/aromatic N) is 1. The van der Waals surface area contributed by atoms with Crippen molar-refractivity contribution in [3.63, 3.8) is 0 Å². The number of carbonyl (C=O) groups excluding carboxylic acids is 1. The van der Waals surface area contributed by atoms with Crippen LogP contribution in [0.4, 0.5) is 0 Å². The quantitative estimate of drug-likeness (QED) is 0.912. The molecule has 0 bridgehead atoms. The third kappa shape index (κ3) is 2.88. The van der Waals surface area contributed by atoms with Crippen LogP contribution in [-0.4, -0.2) is 22.0 Å². The zero-order valence-corrected chi connectivity index (χ0v) is 12.4. The van der Waals surface area contributed by atoms with E-state index in [2.05, 4.69) is 15.3 Å². The van der Waals surface area contributed by atoms with Crippen molar-refractivity contribution < 1.29 is 9.53 Å². The minimum Gasteiger partial charge on any atom is -0.480 e. The largest absolute Gasteiger partial charge is 0.480 e. The molecule has 0 fully saturated rings. The second kappa shape index (κ2) is 5.77. The van der Waals surface area contributed by atoms with Gasteiger partial charge in [0.1, 0.15) is 11.6 Å². The molecule has 1 aromatic carbocycles. The Morgan fingerprint density at radius 1 is 1.62 bits per heavy atom. The van der Waals surface area contributed by atoms with Gasteiger partial charge in [0.05, 0.1) is 6.04 Å². The highest BCUT2D eigenvalue weighted by Crippen LogP contribution is 2.31. The minimum atomic E-state index is -0.512. The van der Waals surface area contributed by atoms with Crippen LogP contribution < -0.4 is 10.1 Å². The van der Waals surface area contributed by atoms with Gasteiger partial charge >= 0.3 is 0 Å². The number of benzene rings is 1. The number of amides is 1. The molecule has 0 radical (unpaired) electrons. The summed E-state index contributed by atoms with van der Waals surface area (Å²) < 4.78 is 5.69. The van der Waals surface area contributed by atoms with E-state index in [0.29, 0.717) is 11.4 Å². The fourth-order valence-electron chi connectivity index (χ4n) is 2.46. The Kier molecular flexibility index (Phi) is 3.84. The number of H-pyrrole nitrogens is 1. The maximum atomic E-state index is 12.4. The summed E-state index contributed by atoms with van der Waals surface area (Å²) in [6, 6.07) is 5.27. The summed E-state index contributed by atoms with van der Waals surface area (Å²) in [5, 5.41) is 3.62. The number of aromatic amines is 1. The summed E-state index contributed by atoms with van der Waals surface area (Å²) in [5.74, 6) is 1.35. The fourth-order valence-corrected chi connectivity index (χ4v) is 2.65. The number of fused-ring (bicyclic) bond motifs is 1. The van der Waals surface area contributed by atoms with Crippen molar-refractivity contribution in [1.29, 1.82) is 0 Å². The lowest BCUT2D eigenvalue weighted by atomic mass is 10.1. The van der Waals surface area contributed by atoms with Crippen LogP contribution in [0.5, 0.6) is 5.75 Å². The van der Waals surface area contributed by atoms with Crippen molar-refractivity contribution in [2.75, 3.05) is 0 Å². The van der Waals surface area contributed by atoms with Gasteiger partial charge in [-0.2, -0.15) is 0 Å². The molecule has 3 rings (SSSR count). The van der Waals surface area contributed by atoms with Crippen LogP contribution in [-0.2, 0) is 11.2 Å². The summed E-state index contributed by atoms with van der Waals surface area (Å²) in [5.41, 5.74) is 0.966. The number of halogens is 1. The SMILES string of the molecule is CCC(NC(=O)C1Cc2cc(Cl)ccc2O1)c1ncc[nH]1. The van der Waals surface area contributed by atoms with Crippen molar-refractivity contribution in [3.05, 3.63) is 47.0 Å². The average molecular weight is 306 g/mol.